The van der Waals surface area contributed by atoms with Crippen LogP contribution in [0.4, 0.5) is 0 Å². The van der Waals surface area contributed by atoms with Crippen LogP contribution in [0.2, 0.25) is 0 Å². The molecule has 3 rings (SSSR count). The Hall–Kier alpha value is -1.89. The van der Waals surface area contributed by atoms with Crippen LogP contribution in [0.5, 0.6) is 0 Å². The van der Waals surface area contributed by atoms with E-state index in [1.807, 2.05) is 12.3 Å². The van der Waals surface area contributed by atoms with E-state index in [1.54, 1.807) is 0 Å². The summed E-state index contributed by atoms with van der Waals surface area (Å²) in [4.78, 5) is 4.43. The number of pyridine rings is 1. The molecule has 0 spiro atoms. The van der Waals surface area contributed by atoms with Gasteiger partial charge in [-0.1, -0.05) is 49.4 Å². The van der Waals surface area contributed by atoms with Gasteiger partial charge in [0.1, 0.15) is 0 Å². The van der Waals surface area contributed by atoms with Gasteiger partial charge in [0.15, 0.2) is 0 Å². The number of aromatic nitrogens is 1. The highest BCUT2D eigenvalue weighted by Gasteiger charge is 2.20. The van der Waals surface area contributed by atoms with Gasteiger partial charge in [0.2, 0.25) is 0 Å². The molecule has 1 aliphatic rings. The standard InChI is InChI=1S/C16H15N/c1-12(13-6-3-2-4-7-13)14-9-10-16-15(14)8-5-11-17-16/h2-9,11-12H,10H2,1H3. The van der Waals surface area contributed by atoms with Crippen LogP contribution in [0.1, 0.15) is 29.7 Å². The highest BCUT2D eigenvalue weighted by Crippen LogP contribution is 2.36. The Labute approximate surface area is 102 Å². The summed E-state index contributed by atoms with van der Waals surface area (Å²) in [6.45, 7) is 2.27. The molecule has 0 saturated heterocycles. The maximum absolute atomic E-state index is 4.43. The lowest BCUT2D eigenvalue weighted by Crippen LogP contribution is -1.97. The highest BCUT2D eigenvalue weighted by molar-refractivity contribution is 5.76. The van der Waals surface area contributed by atoms with E-state index < -0.39 is 0 Å². The third-order valence-electron chi connectivity index (χ3n) is 3.48. The first kappa shape index (κ1) is 10.3. The lowest BCUT2D eigenvalue weighted by Gasteiger charge is -2.14. The molecule has 17 heavy (non-hydrogen) atoms. The van der Waals surface area contributed by atoms with Crippen molar-refractivity contribution in [3.05, 3.63) is 71.6 Å². The van der Waals surface area contributed by atoms with Crippen LogP contribution in [0.25, 0.3) is 5.57 Å². The largest absolute Gasteiger partial charge is 0.260 e. The molecule has 1 aromatic carbocycles. The molecule has 0 bridgehead atoms. The third-order valence-corrected chi connectivity index (χ3v) is 3.48. The topological polar surface area (TPSA) is 12.9 Å². The maximum atomic E-state index is 4.43. The van der Waals surface area contributed by atoms with E-state index in [4.69, 9.17) is 0 Å². The molecule has 0 saturated carbocycles. The number of benzene rings is 1. The smallest absolute Gasteiger partial charge is 0.0516 e. The van der Waals surface area contributed by atoms with Crippen LogP contribution < -0.4 is 0 Å². The molecule has 0 radical (unpaired) electrons. The van der Waals surface area contributed by atoms with Crippen molar-refractivity contribution >= 4 is 5.57 Å². The van der Waals surface area contributed by atoms with E-state index in [0.717, 1.165) is 6.42 Å². The zero-order valence-electron chi connectivity index (χ0n) is 9.93. The van der Waals surface area contributed by atoms with E-state index in [1.165, 1.54) is 22.4 Å². The van der Waals surface area contributed by atoms with E-state index >= 15 is 0 Å². The van der Waals surface area contributed by atoms with Gasteiger partial charge in [0.25, 0.3) is 0 Å². The van der Waals surface area contributed by atoms with Crippen LogP contribution in [0.3, 0.4) is 0 Å². The summed E-state index contributed by atoms with van der Waals surface area (Å²) in [6, 6.07) is 14.9. The molecule has 1 heterocycles. The van der Waals surface area contributed by atoms with Gasteiger partial charge in [0, 0.05) is 18.5 Å². The van der Waals surface area contributed by atoms with Gasteiger partial charge in [-0.25, -0.2) is 0 Å². The number of hydrogen-bond donors (Lipinski definition) is 0. The van der Waals surface area contributed by atoms with Gasteiger partial charge < -0.3 is 0 Å². The van der Waals surface area contributed by atoms with Crippen molar-refractivity contribution in [3.63, 3.8) is 0 Å². The number of allylic oxidation sites excluding steroid dienone is 2. The van der Waals surface area contributed by atoms with Crippen LogP contribution >= 0.6 is 0 Å². The minimum absolute atomic E-state index is 0.446. The van der Waals surface area contributed by atoms with E-state index in [2.05, 4.69) is 54.4 Å². The summed E-state index contributed by atoms with van der Waals surface area (Å²) < 4.78 is 0. The average Bonchev–Trinajstić information content (AvgIpc) is 2.83. The van der Waals surface area contributed by atoms with Crippen LogP contribution in [-0.2, 0) is 6.42 Å². The Morgan fingerprint density at radius 1 is 1.06 bits per heavy atom. The van der Waals surface area contributed by atoms with E-state index in [9.17, 15) is 0 Å². The molecule has 0 fully saturated rings. The summed E-state index contributed by atoms with van der Waals surface area (Å²) in [5.74, 6) is 0.446. The van der Waals surface area contributed by atoms with Crippen LogP contribution in [0, 0.1) is 0 Å². The summed E-state index contributed by atoms with van der Waals surface area (Å²) in [5.41, 5.74) is 5.32. The number of rotatable bonds is 2. The Balaban J connectivity index is 1.98. The normalized spacial score (nSPS) is 15.2. The van der Waals surface area contributed by atoms with Crippen molar-refractivity contribution in [2.75, 3.05) is 0 Å². The SMILES string of the molecule is CC(C1=CCc2ncccc21)c1ccccc1. The minimum atomic E-state index is 0.446. The molecule has 0 amide bonds. The predicted octanol–water partition coefficient (Wildman–Crippen LogP) is 3.82. The number of fused-ring (bicyclic) bond motifs is 1. The lowest BCUT2D eigenvalue weighted by molar-refractivity contribution is 0.990. The summed E-state index contributed by atoms with van der Waals surface area (Å²) >= 11 is 0. The van der Waals surface area contributed by atoms with Crippen molar-refractivity contribution < 1.29 is 0 Å². The molecule has 1 heteroatoms. The second-order valence-corrected chi connectivity index (χ2v) is 4.49. The average molecular weight is 221 g/mol. The van der Waals surface area contributed by atoms with Gasteiger partial charge in [-0.05, 0) is 22.8 Å². The molecule has 1 unspecified atom stereocenters. The van der Waals surface area contributed by atoms with Crippen LogP contribution in [0.15, 0.2) is 54.7 Å². The zero-order chi connectivity index (χ0) is 11.7. The first-order valence-corrected chi connectivity index (χ1v) is 6.05. The molecule has 1 atom stereocenters. The predicted molar refractivity (Wildman–Crippen MR) is 70.8 cm³/mol. The molecule has 2 aromatic rings. The van der Waals surface area contributed by atoms with Gasteiger partial charge >= 0.3 is 0 Å². The Kier molecular flexibility index (Phi) is 2.52. The molecule has 1 nitrogen and oxygen atoms in total. The first-order valence-electron chi connectivity index (χ1n) is 6.05. The van der Waals surface area contributed by atoms with Crippen molar-refractivity contribution in [1.82, 2.24) is 4.98 Å². The Morgan fingerprint density at radius 3 is 2.71 bits per heavy atom. The van der Waals surface area contributed by atoms with Crippen LogP contribution in [-0.4, -0.2) is 4.98 Å². The second-order valence-electron chi connectivity index (χ2n) is 4.49. The number of nitrogens with zero attached hydrogens (tertiary/aromatic N) is 1. The molecular formula is C16H15N. The summed E-state index contributed by atoms with van der Waals surface area (Å²) in [5, 5.41) is 0. The van der Waals surface area contributed by atoms with Gasteiger partial charge in [-0.15, -0.1) is 0 Å². The van der Waals surface area contributed by atoms with E-state index in [-0.39, 0.29) is 0 Å². The fourth-order valence-corrected chi connectivity index (χ4v) is 2.51. The fraction of sp³-hybridized carbons (Fsp3) is 0.188. The fourth-order valence-electron chi connectivity index (χ4n) is 2.51. The highest BCUT2D eigenvalue weighted by atomic mass is 14.7. The maximum Gasteiger partial charge on any atom is 0.0516 e. The van der Waals surface area contributed by atoms with Crippen molar-refractivity contribution in [2.24, 2.45) is 0 Å². The van der Waals surface area contributed by atoms with E-state index in [0.29, 0.717) is 5.92 Å². The van der Waals surface area contributed by atoms with Crippen molar-refractivity contribution in [3.8, 4) is 0 Å². The summed E-state index contributed by atoms with van der Waals surface area (Å²) in [6.07, 6.45) is 5.17. The van der Waals surface area contributed by atoms with Gasteiger partial charge in [-0.2, -0.15) is 0 Å². The Morgan fingerprint density at radius 2 is 1.88 bits per heavy atom. The van der Waals surface area contributed by atoms with Crippen molar-refractivity contribution in [2.45, 2.75) is 19.3 Å². The summed E-state index contributed by atoms with van der Waals surface area (Å²) in [7, 11) is 0. The number of hydrogen-bond acceptors (Lipinski definition) is 1. The monoisotopic (exact) mass is 221 g/mol. The minimum Gasteiger partial charge on any atom is -0.260 e. The lowest BCUT2D eigenvalue weighted by atomic mass is 9.90. The second kappa shape index (κ2) is 4.17. The Bertz CT molecular complexity index is 555. The molecule has 1 aliphatic carbocycles. The molecular weight excluding hydrogens is 206 g/mol. The third kappa shape index (κ3) is 1.78. The molecule has 84 valence electrons. The zero-order valence-corrected chi connectivity index (χ0v) is 9.93. The van der Waals surface area contributed by atoms with Crippen molar-refractivity contribution in [1.29, 1.82) is 0 Å². The van der Waals surface area contributed by atoms with Gasteiger partial charge in [-0.3, -0.25) is 4.98 Å². The molecule has 0 N–H and O–H groups in total. The quantitative estimate of drug-likeness (QED) is 0.751. The van der Waals surface area contributed by atoms with Gasteiger partial charge in [0.05, 0.1) is 5.69 Å². The molecule has 0 aliphatic heterocycles. The molecule has 1 aromatic heterocycles. The first-order chi connectivity index (χ1) is 8.36.